The van der Waals surface area contributed by atoms with Crippen molar-refractivity contribution in [1.29, 1.82) is 0 Å². The highest BCUT2D eigenvalue weighted by Crippen LogP contribution is 2.31. The van der Waals surface area contributed by atoms with Gasteiger partial charge >= 0.3 is 0 Å². The van der Waals surface area contributed by atoms with Crippen LogP contribution in [-0.2, 0) is 13.0 Å². The van der Waals surface area contributed by atoms with Gasteiger partial charge in [-0.05, 0) is 18.9 Å². The van der Waals surface area contributed by atoms with E-state index in [-0.39, 0.29) is 5.91 Å². The number of carbonyl (C=O) groups excluding carboxylic acids is 1. The van der Waals surface area contributed by atoms with Crippen LogP contribution in [-0.4, -0.2) is 20.7 Å². The lowest BCUT2D eigenvalue weighted by molar-refractivity contribution is 0.102. The molecule has 3 heterocycles. The second-order valence-corrected chi connectivity index (χ2v) is 6.51. The van der Waals surface area contributed by atoms with Crippen molar-refractivity contribution in [1.82, 2.24) is 14.8 Å². The summed E-state index contributed by atoms with van der Waals surface area (Å²) >= 11 is 12.9. The van der Waals surface area contributed by atoms with E-state index in [0.717, 1.165) is 43.0 Å². The van der Waals surface area contributed by atoms with E-state index in [9.17, 15) is 4.79 Å². The number of thiophene rings is 1. The zero-order valence-electron chi connectivity index (χ0n) is 9.82. The lowest BCUT2D eigenvalue weighted by Gasteiger charge is -2.09. The third-order valence-corrected chi connectivity index (χ3v) is 4.38. The van der Waals surface area contributed by atoms with Crippen molar-refractivity contribution in [3.05, 3.63) is 26.1 Å². The quantitative estimate of drug-likeness (QED) is 0.925. The van der Waals surface area contributed by atoms with E-state index in [4.69, 9.17) is 23.2 Å². The molecule has 0 fully saturated rings. The van der Waals surface area contributed by atoms with E-state index in [1.165, 1.54) is 0 Å². The Labute approximate surface area is 123 Å². The minimum absolute atomic E-state index is 0.320. The largest absolute Gasteiger partial charge is 0.289 e. The molecule has 0 unspecified atom stereocenters. The Morgan fingerprint density at radius 1 is 1.42 bits per heavy atom. The first-order valence-electron chi connectivity index (χ1n) is 5.83. The van der Waals surface area contributed by atoms with Gasteiger partial charge in [-0.15, -0.1) is 16.4 Å². The van der Waals surface area contributed by atoms with Crippen LogP contribution in [0.1, 0.15) is 29.0 Å². The summed E-state index contributed by atoms with van der Waals surface area (Å²) in [6.07, 6.45) is 3.10. The summed E-state index contributed by atoms with van der Waals surface area (Å²) in [5.41, 5.74) is 0.351. The minimum atomic E-state index is -0.337. The summed E-state index contributed by atoms with van der Waals surface area (Å²) in [5, 5.41) is 6.90. The standard InChI is InChI=1S/C11H10Cl2N4OS/c12-7-5-6(9(13)19-7)10(18)15-11-14-8-3-1-2-4-17(8)16-11/h5H,1-4H2,(H,15,16,18). The van der Waals surface area contributed by atoms with Gasteiger partial charge in [-0.1, -0.05) is 23.2 Å². The maximum atomic E-state index is 12.0. The smallest absolute Gasteiger partial charge is 0.260 e. The van der Waals surface area contributed by atoms with Crippen molar-refractivity contribution in [2.24, 2.45) is 0 Å². The lowest BCUT2D eigenvalue weighted by Crippen LogP contribution is -2.13. The number of rotatable bonds is 2. The van der Waals surface area contributed by atoms with Gasteiger partial charge in [0.2, 0.25) is 5.95 Å². The summed E-state index contributed by atoms with van der Waals surface area (Å²) in [6, 6.07) is 1.54. The molecule has 0 radical (unpaired) electrons. The summed E-state index contributed by atoms with van der Waals surface area (Å²) in [7, 11) is 0. The first-order valence-corrected chi connectivity index (χ1v) is 7.40. The zero-order valence-corrected chi connectivity index (χ0v) is 12.1. The van der Waals surface area contributed by atoms with Gasteiger partial charge in [0.05, 0.1) is 9.90 Å². The van der Waals surface area contributed by atoms with Crippen molar-refractivity contribution < 1.29 is 4.79 Å². The Morgan fingerprint density at radius 2 is 2.26 bits per heavy atom. The fourth-order valence-corrected chi connectivity index (χ4v) is 3.46. The van der Waals surface area contributed by atoms with Crippen LogP contribution in [0, 0.1) is 0 Å². The summed E-state index contributed by atoms with van der Waals surface area (Å²) in [5.74, 6) is 0.896. The first-order chi connectivity index (χ1) is 9.13. The monoisotopic (exact) mass is 316 g/mol. The summed E-state index contributed by atoms with van der Waals surface area (Å²) in [6.45, 7) is 0.850. The van der Waals surface area contributed by atoms with Gasteiger partial charge in [-0.3, -0.25) is 10.1 Å². The number of carbonyl (C=O) groups is 1. The number of aryl methyl sites for hydroxylation is 2. The molecule has 0 aliphatic carbocycles. The van der Waals surface area contributed by atoms with Gasteiger partial charge in [-0.2, -0.15) is 4.98 Å². The molecule has 1 amide bonds. The van der Waals surface area contributed by atoms with Crippen LogP contribution in [0.3, 0.4) is 0 Å². The van der Waals surface area contributed by atoms with Crippen LogP contribution in [0.5, 0.6) is 0 Å². The van der Waals surface area contributed by atoms with Crippen LogP contribution in [0.4, 0.5) is 5.95 Å². The normalized spacial score (nSPS) is 14.2. The lowest BCUT2D eigenvalue weighted by atomic mass is 10.2. The molecule has 0 atom stereocenters. The number of fused-ring (bicyclic) bond motifs is 1. The molecule has 0 aromatic carbocycles. The molecule has 2 aromatic rings. The Bertz CT molecular complexity index is 613. The second kappa shape index (κ2) is 5.11. The van der Waals surface area contributed by atoms with Gasteiger partial charge in [0, 0.05) is 13.0 Å². The highest BCUT2D eigenvalue weighted by Gasteiger charge is 2.18. The molecule has 1 aliphatic heterocycles. The van der Waals surface area contributed by atoms with Crippen LogP contribution >= 0.6 is 34.5 Å². The first kappa shape index (κ1) is 12.9. The molecule has 0 bridgehead atoms. The van der Waals surface area contributed by atoms with Gasteiger partial charge < -0.3 is 0 Å². The molecule has 100 valence electrons. The van der Waals surface area contributed by atoms with E-state index in [1.54, 1.807) is 6.07 Å². The van der Waals surface area contributed by atoms with Crippen LogP contribution < -0.4 is 5.32 Å². The molecule has 0 saturated heterocycles. The fourth-order valence-electron chi connectivity index (χ4n) is 2.00. The van der Waals surface area contributed by atoms with Crippen molar-refractivity contribution in [3.8, 4) is 0 Å². The molecule has 5 nitrogen and oxygen atoms in total. The number of hydrogen-bond donors (Lipinski definition) is 1. The highest BCUT2D eigenvalue weighted by molar-refractivity contribution is 7.20. The van der Waals surface area contributed by atoms with E-state index in [1.807, 2.05) is 4.68 Å². The van der Waals surface area contributed by atoms with Gasteiger partial charge in [0.1, 0.15) is 10.2 Å². The predicted molar refractivity (Wildman–Crippen MR) is 75.3 cm³/mol. The number of hydrogen-bond acceptors (Lipinski definition) is 4. The maximum absolute atomic E-state index is 12.0. The van der Waals surface area contributed by atoms with Crippen molar-refractivity contribution in [3.63, 3.8) is 0 Å². The summed E-state index contributed by atoms with van der Waals surface area (Å²) < 4.78 is 2.68. The molecule has 2 aromatic heterocycles. The second-order valence-electron chi connectivity index (χ2n) is 4.22. The number of amides is 1. The van der Waals surface area contributed by atoms with Crippen molar-refractivity contribution >= 4 is 46.4 Å². The number of aromatic nitrogens is 3. The molecule has 0 spiro atoms. The molecular weight excluding hydrogens is 307 g/mol. The SMILES string of the molecule is O=C(Nc1nc2n(n1)CCCC2)c1cc(Cl)sc1Cl. The number of halogens is 2. The third-order valence-electron chi connectivity index (χ3n) is 2.90. The number of anilines is 1. The summed E-state index contributed by atoms with van der Waals surface area (Å²) in [4.78, 5) is 16.3. The minimum Gasteiger partial charge on any atom is -0.289 e. The Kier molecular flexibility index (Phi) is 3.47. The molecule has 0 saturated carbocycles. The Morgan fingerprint density at radius 3 is 2.95 bits per heavy atom. The molecule has 1 N–H and O–H groups in total. The van der Waals surface area contributed by atoms with Crippen molar-refractivity contribution in [2.45, 2.75) is 25.8 Å². The van der Waals surface area contributed by atoms with Gasteiger partial charge in [-0.25, -0.2) is 4.68 Å². The van der Waals surface area contributed by atoms with E-state index < -0.39 is 0 Å². The third kappa shape index (κ3) is 2.61. The van der Waals surface area contributed by atoms with Crippen LogP contribution in [0.25, 0.3) is 0 Å². The number of nitrogens with one attached hydrogen (secondary N) is 1. The Hall–Kier alpha value is -1.11. The van der Waals surface area contributed by atoms with Crippen LogP contribution in [0.2, 0.25) is 8.67 Å². The zero-order chi connectivity index (χ0) is 13.4. The predicted octanol–water partition coefficient (Wildman–Crippen LogP) is 3.24. The van der Waals surface area contributed by atoms with E-state index >= 15 is 0 Å². The highest BCUT2D eigenvalue weighted by atomic mass is 35.5. The molecule has 1 aliphatic rings. The molecule has 19 heavy (non-hydrogen) atoms. The van der Waals surface area contributed by atoms with E-state index in [0.29, 0.717) is 20.2 Å². The Balaban J connectivity index is 1.79. The maximum Gasteiger partial charge on any atom is 0.260 e. The molecule has 3 rings (SSSR count). The van der Waals surface area contributed by atoms with Crippen molar-refractivity contribution in [2.75, 3.05) is 5.32 Å². The topological polar surface area (TPSA) is 59.8 Å². The van der Waals surface area contributed by atoms with Crippen LogP contribution in [0.15, 0.2) is 6.07 Å². The molecule has 8 heteroatoms. The average Bonchev–Trinajstić information content (AvgIpc) is 2.91. The molecular formula is C11H10Cl2N4OS. The van der Waals surface area contributed by atoms with Gasteiger partial charge in [0.25, 0.3) is 5.91 Å². The van der Waals surface area contributed by atoms with Gasteiger partial charge in [0.15, 0.2) is 0 Å². The van der Waals surface area contributed by atoms with E-state index in [2.05, 4.69) is 15.4 Å². The fraction of sp³-hybridized carbons (Fsp3) is 0.364. The number of nitrogens with zero attached hydrogens (tertiary/aromatic N) is 3. The average molecular weight is 317 g/mol.